The first-order valence-electron chi connectivity index (χ1n) is 8.37. The second-order valence-electron chi connectivity index (χ2n) is 5.96. The molecule has 0 spiro atoms. The van der Waals surface area contributed by atoms with E-state index in [2.05, 4.69) is 15.2 Å². The van der Waals surface area contributed by atoms with E-state index in [4.69, 9.17) is 4.74 Å². The molecule has 7 heteroatoms. The third-order valence-electron chi connectivity index (χ3n) is 4.16. The maximum atomic E-state index is 12.2. The topological polar surface area (TPSA) is 76.5 Å². The number of carbonyl (C=O) groups is 1. The lowest BCUT2D eigenvalue weighted by molar-refractivity contribution is 0.0952. The van der Waals surface area contributed by atoms with Gasteiger partial charge in [0.2, 0.25) is 0 Å². The van der Waals surface area contributed by atoms with Crippen LogP contribution in [0.25, 0.3) is 0 Å². The minimum absolute atomic E-state index is 0.114. The zero-order valence-electron chi connectivity index (χ0n) is 14.3. The number of benzene rings is 1. The molecule has 0 unspecified atom stereocenters. The zero-order valence-corrected chi connectivity index (χ0v) is 14.3. The van der Waals surface area contributed by atoms with Crippen LogP contribution in [-0.4, -0.2) is 48.3 Å². The lowest BCUT2D eigenvalue weighted by Crippen LogP contribution is -2.36. The minimum atomic E-state index is -0.151. The number of morpholine rings is 1. The number of aryl methyl sites for hydroxylation is 1. The predicted molar refractivity (Wildman–Crippen MR) is 95.0 cm³/mol. The molecule has 0 atom stereocenters. The van der Waals surface area contributed by atoms with Gasteiger partial charge in [0.05, 0.1) is 19.5 Å². The fraction of sp³-hybridized carbons (Fsp3) is 0.389. The third-order valence-corrected chi connectivity index (χ3v) is 4.16. The van der Waals surface area contributed by atoms with Crippen molar-refractivity contribution in [2.45, 2.75) is 13.5 Å². The quantitative estimate of drug-likeness (QED) is 0.870. The van der Waals surface area contributed by atoms with Gasteiger partial charge in [0, 0.05) is 49.2 Å². The monoisotopic (exact) mass is 342 g/mol. The molecule has 1 amide bonds. The van der Waals surface area contributed by atoms with E-state index in [1.54, 1.807) is 6.92 Å². The van der Waals surface area contributed by atoms with Gasteiger partial charge in [-0.2, -0.15) is 0 Å². The third kappa shape index (κ3) is 4.45. The molecule has 0 bridgehead atoms. The molecule has 3 rings (SSSR count). The average Bonchev–Trinajstić information content (AvgIpc) is 2.64. The second-order valence-corrected chi connectivity index (χ2v) is 5.96. The number of nitrogens with one attached hydrogen (secondary N) is 1. The molecule has 1 saturated heterocycles. The molecule has 132 valence electrons. The van der Waals surface area contributed by atoms with E-state index in [1.807, 2.05) is 24.3 Å². The van der Waals surface area contributed by atoms with Crippen molar-refractivity contribution in [2.24, 2.45) is 0 Å². The first kappa shape index (κ1) is 17.2. The summed E-state index contributed by atoms with van der Waals surface area (Å²) in [6.45, 7) is 5.73. The summed E-state index contributed by atoms with van der Waals surface area (Å²) in [5, 5.41) is 2.83. The number of carbonyl (C=O) groups excluding carboxylic acids is 1. The maximum Gasteiger partial charge on any atom is 0.253 e. The van der Waals surface area contributed by atoms with Crippen molar-refractivity contribution in [3.05, 3.63) is 58.3 Å². The van der Waals surface area contributed by atoms with Gasteiger partial charge in [-0.3, -0.25) is 14.2 Å². The summed E-state index contributed by atoms with van der Waals surface area (Å²) in [5.41, 5.74) is 2.27. The molecule has 1 aliphatic rings. The van der Waals surface area contributed by atoms with E-state index in [1.165, 1.54) is 17.0 Å². The summed E-state index contributed by atoms with van der Waals surface area (Å²) >= 11 is 0. The summed E-state index contributed by atoms with van der Waals surface area (Å²) in [7, 11) is 0. The number of hydrogen-bond acceptors (Lipinski definition) is 5. The standard InChI is InChI=1S/C18H22N4O3/c1-14-12-17(23)22(13-20-14)7-6-19-18(24)15-2-4-16(5-3-15)21-8-10-25-11-9-21/h2-5,12-13H,6-11H2,1H3,(H,19,24). The first-order valence-corrected chi connectivity index (χ1v) is 8.37. The Morgan fingerprint density at radius 1 is 1.24 bits per heavy atom. The van der Waals surface area contributed by atoms with Gasteiger partial charge in [-0.15, -0.1) is 0 Å². The van der Waals surface area contributed by atoms with Gasteiger partial charge in [-0.05, 0) is 31.2 Å². The molecule has 25 heavy (non-hydrogen) atoms. The van der Waals surface area contributed by atoms with Crippen LogP contribution in [0.5, 0.6) is 0 Å². The normalized spacial score (nSPS) is 14.4. The fourth-order valence-corrected chi connectivity index (χ4v) is 2.72. The lowest BCUT2D eigenvalue weighted by atomic mass is 10.1. The zero-order chi connectivity index (χ0) is 17.6. The summed E-state index contributed by atoms with van der Waals surface area (Å²) in [6.07, 6.45) is 1.50. The number of nitrogens with zero attached hydrogens (tertiary/aromatic N) is 3. The van der Waals surface area contributed by atoms with Gasteiger partial charge in [0.25, 0.3) is 11.5 Å². The Labute approximate surface area is 146 Å². The van der Waals surface area contributed by atoms with E-state index in [9.17, 15) is 9.59 Å². The molecule has 0 aliphatic carbocycles. The SMILES string of the molecule is Cc1cc(=O)n(CCNC(=O)c2ccc(N3CCOCC3)cc2)cn1. The van der Waals surface area contributed by atoms with Crippen LogP contribution >= 0.6 is 0 Å². The van der Waals surface area contributed by atoms with E-state index in [0.29, 0.717) is 24.3 Å². The molecule has 1 N–H and O–H groups in total. The largest absolute Gasteiger partial charge is 0.378 e. The number of amides is 1. The molecule has 0 saturated carbocycles. The van der Waals surface area contributed by atoms with E-state index in [0.717, 1.165) is 32.0 Å². The number of rotatable bonds is 5. The average molecular weight is 342 g/mol. The number of anilines is 1. The molecular weight excluding hydrogens is 320 g/mol. The summed E-state index contributed by atoms with van der Waals surface area (Å²) in [6, 6.07) is 9.02. The Kier molecular flexibility index (Phi) is 5.45. The Morgan fingerprint density at radius 2 is 1.96 bits per heavy atom. The van der Waals surface area contributed by atoms with E-state index in [-0.39, 0.29) is 11.5 Å². The van der Waals surface area contributed by atoms with Crippen LogP contribution < -0.4 is 15.8 Å². The smallest absolute Gasteiger partial charge is 0.253 e. The minimum Gasteiger partial charge on any atom is -0.378 e. The second kappa shape index (κ2) is 7.94. The number of ether oxygens (including phenoxy) is 1. The van der Waals surface area contributed by atoms with Gasteiger partial charge in [-0.1, -0.05) is 0 Å². The highest BCUT2D eigenvalue weighted by Crippen LogP contribution is 2.16. The predicted octanol–water partition coefficient (Wildman–Crippen LogP) is 0.818. The van der Waals surface area contributed by atoms with Gasteiger partial charge in [-0.25, -0.2) is 4.98 Å². The summed E-state index contributed by atoms with van der Waals surface area (Å²) < 4.78 is 6.83. The van der Waals surface area contributed by atoms with Crippen LogP contribution in [0.3, 0.4) is 0 Å². The van der Waals surface area contributed by atoms with Gasteiger partial charge in [0.15, 0.2) is 0 Å². The van der Waals surface area contributed by atoms with Crippen molar-refractivity contribution in [1.29, 1.82) is 0 Å². The molecule has 1 aliphatic heterocycles. The molecule has 2 heterocycles. The van der Waals surface area contributed by atoms with Crippen LogP contribution in [0, 0.1) is 6.92 Å². The van der Waals surface area contributed by atoms with Gasteiger partial charge < -0.3 is 15.0 Å². The highest BCUT2D eigenvalue weighted by atomic mass is 16.5. The Hall–Kier alpha value is -2.67. The van der Waals surface area contributed by atoms with Crippen LogP contribution in [0.2, 0.25) is 0 Å². The highest BCUT2D eigenvalue weighted by molar-refractivity contribution is 5.94. The van der Waals surface area contributed by atoms with Gasteiger partial charge >= 0.3 is 0 Å². The molecule has 1 aromatic carbocycles. The Morgan fingerprint density at radius 3 is 2.64 bits per heavy atom. The van der Waals surface area contributed by atoms with Crippen LogP contribution in [-0.2, 0) is 11.3 Å². The van der Waals surface area contributed by atoms with Crippen LogP contribution in [0.1, 0.15) is 16.1 Å². The van der Waals surface area contributed by atoms with Crippen molar-refractivity contribution in [1.82, 2.24) is 14.9 Å². The molecule has 7 nitrogen and oxygen atoms in total. The van der Waals surface area contributed by atoms with E-state index >= 15 is 0 Å². The Balaban J connectivity index is 1.53. The molecule has 1 aromatic heterocycles. The molecule has 1 fully saturated rings. The molecule has 0 radical (unpaired) electrons. The van der Waals surface area contributed by atoms with Crippen LogP contribution in [0.4, 0.5) is 5.69 Å². The summed E-state index contributed by atoms with van der Waals surface area (Å²) in [4.78, 5) is 30.3. The highest BCUT2D eigenvalue weighted by Gasteiger charge is 2.12. The van der Waals surface area contributed by atoms with Crippen molar-refractivity contribution in [3.63, 3.8) is 0 Å². The number of aromatic nitrogens is 2. The van der Waals surface area contributed by atoms with Gasteiger partial charge in [0.1, 0.15) is 0 Å². The van der Waals surface area contributed by atoms with Crippen molar-refractivity contribution < 1.29 is 9.53 Å². The van der Waals surface area contributed by atoms with Crippen LogP contribution in [0.15, 0.2) is 41.5 Å². The maximum absolute atomic E-state index is 12.2. The molecule has 2 aromatic rings. The first-order chi connectivity index (χ1) is 12.1. The fourth-order valence-electron chi connectivity index (χ4n) is 2.72. The summed E-state index contributed by atoms with van der Waals surface area (Å²) in [5.74, 6) is -0.151. The van der Waals surface area contributed by atoms with Crippen molar-refractivity contribution in [3.8, 4) is 0 Å². The van der Waals surface area contributed by atoms with Crippen molar-refractivity contribution >= 4 is 11.6 Å². The Bertz CT molecular complexity index is 780. The van der Waals surface area contributed by atoms with E-state index < -0.39 is 0 Å². The lowest BCUT2D eigenvalue weighted by Gasteiger charge is -2.28. The molecular formula is C18H22N4O3. The number of hydrogen-bond donors (Lipinski definition) is 1. The van der Waals surface area contributed by atoms with Crippen molar-refractivity contribution in [2.75, 3.05) is 37.7 Å².